The van der Waals surface area contributed by atoms with E-state index in [0.717, 1.165) is 12.1 Å². The Balaban J connectivity index is 0.000000204. The van der Waals surface area contributed by atoms with Gasteiger partial charge in [0.2, 0.25) is 0 Å². The van der Waals surface area contributed by atoms with Crippen molar-refractivity contribution in [2.24, 2.45) is 0 Å². The lowest BCUT2D eigenvalue weighted by Crippen LogP contribution is -2.34. The van der Waals surface area contributed by atoms with Gasteiger partial charge in [0.1, 0.15) is 16.7 Å². The third-order valence-electron chi connectivity index (χ3n) is 2.82. The minimum Gasteiger partial charge on any atom is -0.744 e. The van der Waals surface area contributed by atoms with E-state index in [4.69, 9.17) is 0 Å². The van der Waals surface area contributed by atoms with E-state index in [-0.39, 0.29) is 4.90 Å². The summed E-state index contributed by atoms with van der Waals surface area (Å²) in [5.74, 6) is 0. The number of rotatable bonds is 2. The highest BCUT2D eigenvalue weighted by molar-refractivity contribution is 7.85. The lowest BCUT2D eigenvalue weighted by molar-refractivity contribution is -0.699. The molecule has 0 saturated carbocycles. The second-order valence-electron chi connectivity index (χ2n) is 4.40. The molecule has 0 amide bonds. The molecule has 0 N–H and O–H groups in total. The summed E-state index contributed by atoms with van der Waals surface area (Å²) in [6.07, 6.45) is 2.09. The van der Waals surface area contributed by atoms with Gasteiger partial charge < -0.3 is 4.55 Å². The van der Waals surface area contributed by atoms with E-state index in [0.29, 0.717) is 0 Å². The van der Waals surface area contributed by atoms with Crippen LogP contribution in [0.2, 0.25) is 0 Å². The maximum atomic E-state index is 10.4. The maximum absolute atomic E-state index is 10.4. The minimum atomic E-state index is -4.27. The predicted octanol–water partition coefficient (Wildman–Crippen LogP) is 2.20. The Morgan fingerprint density at radius 1 is 1.05 bits per heavy atom. The van der Waals surface area contributed by atoms with Crippen LogP contribution in [0.5, 0.6) is 0 Å². The smallest absolute Gasteiger partial charge is 0.178 e. The molecule has 0 aliphatic rings. The van der Waals surface area contributed by atoms with Crippen molar-refractivity contribution in [2.75, 3.05) is 0 Å². The summed E-state index contributed by atoms with van der Waals surface area (Å²) < 4.78 is 33.4. The zero-order chi connectivity index (χ0) is 15.2. The molecule has 4 nitrogen and oxygen atoms in total. The number of hydrogen-bond donors (Lipinski definition) is 0. The Bertz CT molecular complexity index is 649. The summed E-state index contributed by atoms with van der Waals surface area (Å²) in [6.45, 7) is 7.14. The van der Waals surface area contributed by atoms with Crippen LogP contribution in [0.25, 0.3) is 0 Å². The van der Waals surface area contributed by atoms with E-state index >= 15 is 0 Å². The van der Waals surface area contributed by atoms with Crippen LogP contribution in [0.4, 0.5) is 0 Å². The fourth-order valence-electron chi connectivity index (χ4n) is 1.62. The van der Waals surface area contributed by atoms with Crippen molar-refractivity contribution in [3.63, 3.8) is 0 Å². The van der Waals surface area contributed by atoms with Crippen molar-refractivity contribution in [1.29, 1.82) is 0 Å². The lowest BCUT2D eigenvalue weighted by atomic mass is 10.2. The first-order chi connectivity index (χ1) is 9.34. The number of benzene rings is 1. The Kier molecular flexibility index (Phi) is 5.85. The summed E-state index contributed by atoms with van der Waals surface area (Å²) in [7, 11) is -4.27. The van der Waals surface area contributed by atoms with Crippen molar-refractivity contribution >= 4 is 10.1 Å². The van der Waals surface area contributed by atoms with Gasteiger partial charge in [0.15, 0.2) is 11.9 Å². The van der Waals surface area contributed by atoms with Crippen molar-refractivity contribution < 1.29 is 17.5 Å². The average molecular weight is 293 g/mol. The molecule has 0 bridgehead atoms. The van der Waals surface area contributed by atoms with Crippen molar-refractivity contribution in [2.45, 2.75) is 32.2 Å². The average Bonchev–Trinajstić information content (AvgIpc) is 2.39. The fraction of sp³-hybridized carbons (Fsp3) is 0.267. The quantitative estimate of drug-likeness (QED) is 0.630. The van der Waals surface area contributed by atoms with Crippen LogP contribution in [0.3, 0.4) is 0 Å². The van der Waals surface area contributed by atoms with Crippen LogP contribution in [0.1, 0.15) is 18.2 Å². The fourth-order valence-corrected chi connectivity index (χ4v) is 2.09. The van der Waals surface area contributed by atoms with Crippen LogP contribution in [-0.2, 0) is 16.7 Å². The standard InChI is InChI=1S/C8H12N.C7H8O3S/c1-3-9-7-5-4-6-8(9)2;1-6-2-4-7(5-3-6)11(8,9)10/h4-7H,3H2,1-2H3;2-5H,1H3,(H,8,9,10)/q+1;/p-1. The molecule has 1 aromatic carbocycles. The van der Waals surface area contributed by atoms with E-state index in [9.17, 15) is 13.0 Å². The number of nitrogens with zero attached hydrogens (tertiary/aromatic N) is 1. The summed E-state index contributed by atoms with van der Waals surface area (Å²) >= 11 is 0. The number of hydrogen-bond acceptors (Lipinski definition) is 3. The monoisotopic (exact) mass is 293 g/mol. The van der Waals surface area contributed by atoms with E-state index in [1.807, 2.05) is 6.92 Å². The molecule has 108 valence electrons. The molecule has 2 rings (SSSR count). The topological polar surface area (TPSA) is 61.1 Å². The molecule has 0 fully saturated rings. The first kappa shape index (κ1) is 16.3. The van der Waals surface area contributed by atoms with Gasteiger partial charge in [0, 0.05) is 19.1 Å². The molecule has 2 aromatic rings. The van der Waals surface area contributed by atoms with Crippen LogP contribution < -0.4 is 4.57 Å². The summed E-state index contributed by atoms with van der Waals surface area (Å²) in [4.78, 5) is -0.178. The summed E-state index contributed by atoms with van der Waals surface area (Å²) in [6, 6.07) is 12.0. The molecule has 5 heteroatoms. The third kappa shape index (κ3) is 5.11. The van der Waals surface area contributed by atoms with E-state index in [1.54, 1.807) is 12.1 Å². The Morgan fingerprint density at radius 3 is 2.05 bits per heavy atom. The molecule has 0 aliphatic carbocycles. The summed E-state index contributed by atoms with van der Waals surface area (Å²) in [5.41, 5.74) is 2.25. The van der Waals surface area contributed by atoms with Crippen molar-refractivity contribution in [3.8, 4) is 0 Å². The summed E-state index contributed by atoms with van der Waals surface area (Å²) in [5, 5.41) is 0. The first-order valence-corrected chi connectivity index (χ1v) is 7.73. The van der Waals surface area contributed by atoms with Gasteiger partial charge in [-0.2, -0.15) is 0 Å². The highest BCUT2D eigenvalue weighted by Gasteiger charge is 1.98. The van der Waals surface area contributed by atoms with Gasteiger partial charge in [-0.1, -0.05) is 23.8 Å². The Morgan fingerprint density at radius 2 is 1.65 bits per heavy atom. The van der Waals surface area contributed by atoms with E-state index in [1.165, 1.54) is 17.8 Å². The Hall–Kier alpha value is -1.72. The number of aromatic nitrogens is 1. The SMILES string of the molecule is CC[n+]1ccccc1C.Cc1ccc(S(=O)(=O)[O-])cc1. The lowest BCUT2D eigenvalue weighted by Gasteiger charge is -2.05. The first-order valence-electron chi connectivity index (χ1n) is 6.32. The van der Waals surface area contributed by atoms with Crippen LogP contribution in [0.15, 0.2) is 53.6 Å². The van der Waals surface area contributed by atoms with Gasteiger partial charge in [-0.25, -0.2) is 13.0 Å². The van der Waals surface area contributed by atoms with Crippen LogP contribution >= 0.6 is 0 Å². The van der Waals surface area contributed by atoms with Crippen LogP contribution in [0, 0.1) is 13.8 Å². The van der Waals surface area contributed by atoms with E-state index in [2.05, 4.69) is 42.8 Å². The second-order valence-corrected chi connectivity index (χ2v) is 5.77. The van der Waals surface area contributed by atoms with Gasteiger partial charge in [-0.15, -0.1) is 0 Å². The number of aryl methyl sites for hydroxylation is 3. The van der Waals surface area contributed by atoms with Crippen LogP contribution in [-0.4, -0.2) is 13.0 Å². The predicted molar refractivity (Wildman–Crippen MR) is 76.2 cm³/mol. The minimum absolute atomic E-state index is 0.178. The maximum Gasteiger partial charge on any atom is 0.178 e. The van der Waals surface area contributed by atoms with Gasteiger partial charge in [0.25, 0.3) is 0 Å². The van der Waals surface area contributed by atoms with Gasteiger partial charge in [0.05, 0.1) is 4.90 Å². The van der Waals surface area contributed by atoms with E-state index < -0.39 is 10.1 Å². The van der Waals surface area contributed by atoms with Crippen molar-refractivity contribution in [3.05, 3.63) is 59.9 Å². The molecule has 0 unspecified atom stereocenters. The molecule has 0 atom stereocenters. The molecule has 0 radical (unpaired) electrons. The zero-order valence-electron chi connectivity index (χ0n) is 11.9. The highest BCUT2D eigenvalue weighted by atomic mass is 32.2. The molecule has 0 saturated heterocycles. The van der Waals surface area contributed by atoms with Gasteiger partial charge in [-0.3, -0.25) is 0 Å². The largest absolute Gasteiger partial charge is 0.744 e. The number of pyridine rings is 1. The molecule has 0 spiro atoms. The molecular weight excluding hydrogens is 274 g/mol. The highest BCUT2D eigenvalue weighted by Crippen LogP contribution is 2.08. The molecule has 1 aromatic heterocycles. The van der Waals surface area contributed by atoms with Crippen molar-refractivity contribution in [1.82, 2.24) is 0 Å². The zero-order valence-corrected chi connectivity index (χ0v) is 12.7. The third-order valence-corrected chi connectivity index (χ3v) is 3.67. The molecule has 20 heavy (non-hydrogen) atoms. The molecule has 0 aliphatic heterocycles. The normalized spacial score (nSPS) is 10.6. The molecular formula is C15H19NO3S. The molecule has 1 heterocycles. The Labute approximate surface area is 120 Å². The van der Waals surface area contributed by atoms with Gasteiger partial charge >= 0.3 is 0 Å². The van der Waals surface area contributed by atoms with Gasteiger partial charge in [-0.05, 0) is 26.0 Å². The second kappa shape index (κ2) is 7.17.